The lowest BCUT2D eigenvalue weighted by Crippen LogP contribution is -2.40. The summed E-state index contributed by atoms with van der Waals surface area (Å²) < 4.78 is 23.0. The van der Waals surface area contributed by atoms with Crippen molar-refractivity contribution >= 4 is 39.4 Å². The molecule has 0 spiro atoms. The molecule has 10 nitrogen and oxygen atoms in total. The molecule has 2 atom stereocenters. The van der Waals surface area contributed by atoms with E-state index in [1.807, 2.05) is 30.3 Å². The molecule has 1 saturated heterocycles. The smallest absolute Gasteiger partial charge is 0.270 e. The first-order valence-corrected chi connectivity index (χ1v) is 12.3. The molecule has 1 aliphatic rings. The maximum atomic E-state index is 11.7. The summed E-state index contributed by atoms with van der Waals surface area (Å²) in [4.78, 5) is 10.8. The Morgan fingerprint density at radius 1 is 1.30 bits per heavy atom. The van der Waals surface area contributed by atoms with Gasteiger partial charge in [0.05, 0.1) is 22.9 Å². The average molecular weight is 486 g/mol. The first-order valence-electron chi connectivity index (χ1n) is 10.0. The van der Waals surface area contributed by atoms with E-state index in [-0.39, 0.29) is 28.3 Å². The lowest BCUT2D eigenvalue weighted by atomic mass is 10.1. The van der Waals surface area contributed by atoms with E-state index in [1.54, 1.807) is 23.0 Å². The molecule has 1 aliphatic heterocycles. The Hall–Kier alpha value is -3.48. The average Bonchev–Trinajstić information content (AvgIpc) is 3.37. The molecule has 0 aliphatic carbocycles. The predicted molar refractivity (Wildman–Crippen MR) is 131 cm³/mol. The quantitative estimate of drug-likeness (QED) is 0.159. The number of nitro groups is 1. The normalized spacial score (nSPS) is 20.1. The van der Waals surface area contributed by atoms with Gasteiger partial charge in [0, 0.05) is 35.9 Å². The van der Waals surface area contributed by atoms with Crippen molar-refractivity contribution in [1.29, 1.82) is 0 Å². The number of nitrogens with one attached hydrogen (secondary N) is 2. The van der Waals surface area contributed by atoms with Gasteiger partial charge in [-0.3, -0.25) is 15.5 Å². The van der Waals surface area contributed by atoms with Gasteiger partial charge in [-0.05, 0) is 24.4 Å². The zero-order valence-electron chi connectivity index (χ0n) is 17.3. The van der Waals surface area contributed by atoms with Gasteiger partial charge in [-0.1, -0.05) is 34.5 Å². The van der Waals surface area contributed by atoms with Gasteiger partial charge in [-0.15, -0.1) is 0 Å². The molecular weight excluding hydrogens is 464 g/mol. The highest BCUT2D eigenvalue weighted by atomic mass is 32.3. The molecule has 0 saturated carbocycles. The molecule has 33 heavy (non-hydrogen) atoms. The van der Waals surface area contributed by atoms with Crippen LogP contribution in [0.4, 0.5) is 5.69 Å². The molecule has 0 bridgehead atoms. The highest BCUT2D eigenvalue weighted by Crippen LogP contribution is 2.26. The van der Waals surface area contributed by atoms with Gasteiger partial charge in [0.25, 0.3) is 5.69 Å². The Labute approximate surface area is 196 Å². The predicted octanol–water partition coefficient (Wildman–Crippen LogP) is 2.99. The van der Waals surface area contributed by atoms with Crippen LogP contribution in [0.2, 0.25) is 0 Å². The lowest BCUT2D eigenvalue weighted by Gasteiger charge is -2.10. The fourth-order valence-electron chi connectivity index (χ4n) is 3.49. The third kappa shape index (κ3) is 5.66. The van der Waals surface area contributed by atoms with Gasteiger partial charge in [-0.25, -0.2) is 4.68 Å². The summed E-state index contributed by atoms with van der Waals surface area (Å²) in [5, 5.41) is 23.2. The molecule has 3 aromatic rings. The molecule has 1 aromatic heterocycles. The number of hydrazone groups is 1. The largest absolute Gasteiger partial charge is 0.354 e. The number of hydrogen-bond acceptors (Lipinski definition) is 6. The summed E-state index contributed by atoms with van der Waals surface area (Å²) >= 11 is 5.23. The van der Waals surface area contributed by atoms with Crippen molar-refractivity contribution in [2.75, 3.05) is 11.5 Å². The summed E-state index contributed by atoms with van der Waals surface area (Å²) in [6.07, 6.45) is 3.85. The number of nitrogens with zero attached hydrogens (tertiary/aromatic N) is 4. The molecule has 2 aromatic carbocycles. The number of rotatable bonds is 6. The van der Waals surface area contributed by atoms with Crippen LogP contribution in [0.5, 0.6) is 0 Å². The summed E-state index contributed by atoms with van der Waals surface area (Å²) in [7, 11) is -2.77. The van der Waals surface area contributed by atoms with Crippen LogP contribution in [0.15, 0.2) is 65.9 Å². The van der Waals surface area contributed by atoms with Crippen molar-refractivity contribution in [2.24, 2.45) is 5.10 Å². The molecule has 170 valence electrons. The summed E-state index contributed by atoms with van der Waals surface area (Å²) in [5.74, 6) is 0.404. The van der Waals surface area contributed by atoms with E-state index in [9.17, 15) is 18.9 Å². The van der Waals surface area contributed by atoms with E-state index in [1.165, 1.54) is 18.3 Å². The lowest BCUT2D eigenvalue weighted by molar-refractivity contribution is -0.384. The molecule has 0 radical (unpaired) electrons. The van der Waals surface area contributed by atoms with Gasteiger partial charge >= 0.3 is 0 Å². The molecular formula is C21H21N6O4S2+. The van der Waals surface area contributed by atoms with Crippen LogP contribution >= 0.6 is 12.2 Å². The number of non-ortho nitro benzene ring substituents is 1. The second kappa shape index (κ2) is 9.57. The number of benzene rings is 2. The number of nitro benzene ring substituents is 1. The second-order valence-electron chi connectivity index (χ2n) is 7.49. The van der Waals surface area contributed by atoms with Crippen LogP contribution in [-0.4, -0.2) is 48.1 Å². The van der Waals surface area contributed by atoms with Gasteiger partial charge in [0.1, 0.15) is 11.4 Å². The Bertz CT molecular complexity index is 1260. The maximum absolute atomic E-state index is 11.7. The fraction of sp³-hybridized carbons (Fsp3) is 0.190. The number of aromatic nitrogens is 2. The van der Waals surface area contributed by atoms with Crippen molar-refractivity contribution in [3.05, 3.63) is 76.5 Å². The summed E-state index contributed by atoms with van der Waals surface area (Å²) in [6, 6.07) is 15.5. The molecule has 2 heterocycles. The van der Waals surface area contributed by atoms with Crippen LogP contribution in [0.25, 0.3) is 16.9 Å². The third-order valence-corrected chi connectivity index (χ3v) is 7.05. The SMILES string of the molecule is O=[N+]([O-])c1cccc(-c2nn(-c3ccccc3)cc2/C=N\NC(=S)N[C@H]2CC[S+](=O)(O)C2)c1. The van der Waals surface area contributed by atoms with Crippen LogP contribution < -0.4 is 10.7 Å². The Morgan fingerprint density at radius 2 is 2.09 bits per heavy atom. The Morgan fingerprint density at radius 3 is 2.79 bits per heavy atom. The van der Waals surface area contributed by atoms with E-state index >= 15 is 0 Å². The maximum Gasteiger partial charge on any atom is 0.270 e. The molecule has 1 fully saturated rings. The number of para-hydroxylation sites is 1. The first kappa shape index (κ1) is 22.7. The zero-order chi connectivity index (χ0) is 23.4. The van der Waals surface area contributed by atoms with E-state index in [4.69, 9.17) is 12.2 Å². The fourth-order valence-corrected chi connectivity index (χ4v) is 5.40. The van der Waals surface area contributed by atoms with Crippen molar-refractivity contribution in [1.82, 2.24) is 20.5 Å². The molecule has 4 rings (SSSR count). The molecule has 12 heteroatoms. The van der Waals surface area contributed by atoms with E-state index < -0.39 is 15.1 Å². The van der Waals surface area contributed by atoms with Crippen LogP contribution in [0.3, 0.4) is 0 Å². The Balaban J connectivity index is 1.56. The van der Waals surface area contributed by atoms with Gasteiger partial charge < -0.3 is 5.32 Å². The van der Waals surface area contributed by atoms with E-state index in [0.717, 1.165) is 5.69 Å². The molecule has 1 unspecified atom stereocenters. The van der Waals surface area contributed by atoms with Crippen molar-refractivity contribution in [3.63, 3.8) is 0 Å². The van der Waals surface area contributed by atoms with Crippen molar-refractivity contribution in [3.8, 4) is 16.9 Å². The first-order chi connectivity index (χ1) is 15.8. The van der Waals surface area contributed by atoms with Crippen molar-refractivity contribution in [2.45, 2.75) is 12.5 Å². The van der Waals surface area contributed by atoms with Gasteiger partial charge in [0.2, 0.25) is 10.2 Å². The van der Waals surface area contributed by atoms with Gasteiger partial charge in [0.15, 0.2) is 10.9 Å². The van der Waals surface area contributed by atoms with Crippen molar-refractivity contribution < 1.29 is 13.7 Å². The minimum Gasteiger partial charge on any atom is -0.354 e. The van der Waals surface area contributed by atoms with Crippen LogP contribution in [0.1, 0.15) is 12.0 Å². The third-order valence-electron chi connectivity index (χ3n) is 5.05. The minimum absolute atomic E-state index is 0.0369. The highest BCUT2D eigenvalue weighted by molar-refractivity contribution is 7.98. The van der Waals surface area contributed by atoms with Crippen LogP contribution in [-0.2, 0) is 14.4 Å². The zero-order valence-corrected chi connectivity index (χ0v) is 19.0. The summed E-state index contributed by atoms with van der Waals surface area (Å²) in [5.41, 5.74) is 5.21. The Kier molecular flexibility index (Phi) is 6.58. The van der Waals surface area contributed by atoms with E-state index in [2.05, 4.69) is 20.9 Å². The monoisotopic (exact) mass is 485 g/mol. The standard InChI is InChI=1S/C21H20N6O4S2/c28-27(29)19-8-4-5-15(11-19)20-16(13-26(25-20)18-6-2-1-3-7-18)12-22-24-21(32)23-17-9-10-33(30,31)14-17/h1-8,11-13,17H,9-10,14H2,(H2-,23,24,30,31,32)/p+1/b22-12-/t17-/m0/s1. The summed E-state index contributed by atoms with van der Waals surface area (Å²) in [6.45, 7) is 0. The number of thiocarbonyl (C=S) groups is 1. The van der Waals surface area contributed by atoms with E-state index in [0.29, 0.717) is 23.2 Å². The minimum atomic E-state index is -2.77. The second-order valence-corrected chi connectivity index (χ2v) is 10.2. The molecule has 0 amide bonds. The van der Waals surface area contributed by atoms with Crippen LogP contribution in [0, 0.1) is 10.1 Å². The topological polar surface area (TPSA) is 135 Å². The van der Waals surface area contributed by atoms with Gasteiger partial charge in [-0.2, -0.15) is 14.8 Å². The highest BCUT2D eigenvalue weighted by Gasteiger charge is 2.38. The number of hydrogen-bond donors (Lipinski definition) is 3. The molecule has 3 N–H and O–H groups in total.